The molecule has 2 aliphatic rings. The predicted molar refractivity (Wildman–Crippen MR) is 90.8 cm³/mol. The summed E-state index contributed by atoms with van der Waals surface area (Å²) in [7, 11) is 0. The molecule has 0 aromatic carbocycles. The van der Waals surface area contributed by atoms with Crippen LogP contribution in [0.5, 0.6) is 0 Å². The molecule has 0 radical (unpaired) electrons. The number of carbonyl (C=O) groups is 1. The van der Waals surface area contributed by atoms with Crippen LogP contribution in [0.1, 0.15) is 34.7 Å². The van der Waals surface area contributed by atoms with Gasteiger partial charge < -0.3 is 14.2 Å². The van der Waals surface area contributed by atoms with Crippen LogP contribution in [0.4, 0.5) is 0 Å². The van der Waals surface area contributed by atoms with Crippen LogP contribution in [0.2, 0.25) is 0 Å². The Morgan fingerprint density at radius 3 is 2.76 bits per heavy atom. The van der Waals surface area contributed by atoms with E-state index in [9.17, 15) is 4.79 Å². The van der Waals surface area contributed by atoms with Gasteiger partial charge in [-0.1, -0.05) is 0 Å². The zero-order valence-electron chi connectivity index (χ0n) is 14.5. The van der Waals surface area contributed by atoms with Crippen molar-refractivity contribution in [3.8, 4) is 0 Å². The minimum Gasteiger partial charge on any atom is -0.381 e. The fourth-order valence-electron chi connectivity index (χ4n) is 3.16. The maximum atomic E-state index is 12.9. The van der Waals surface area contributed by atoms with Gasteiger partial charge in [-0.3, -0.25) is 9.78 Å². The molecule has 2 aromatic heterocycles. The first-order valence-corrected chi connectivity index (χ1v) is 8.83. The largest absolute Gasteiger partial charge is 0.381 e. The molecule has 1 fully saturated rings. The van der Waals surface area contributed by atoms with E-state index in [2.05, 4.69) is 19.5 Å². The first-order valence-electron chi connectivity index (χ1n) is 8.83. The third-order valence-electron chi connectivity index (χ3n) is 4.78. The van der Waals surface area contributed by atoms with Gasteiger partial charge in [-0.2, -0.15) is 0 Å². The van der Waals surface area contributed by atoms with E-state index in [1.54, 1.807) is 12.4 Å². The average molecular weight is 341 g/mol. The number of fused-ring (bicyclic) bond motifs is 1. The third-order valence-corrected chi connectivity index (χ3v) is 4.78. The molecule has 7 heteroatoms. The molecule has 1 atom stereocenters. The summed E-state index contributed by atoms with van der Waals surface area (Å²) < 4.78 is 8.02. The zero-order valence-corrected chi connectivity index (χ0v) is 14.5. The lowest BCUT2D eigenvalue weighted by Gasteiger charge is -2.23. The molecule has 1 aliphatic heterocycles. The van der Waals surface area contributed by atoms with E-state index in [0.29, 0.717) is 25.4 Å². The van der Waals surface area contributed by atoms with Crippen molar-refractivity contribution in [1.29, 1.82) is 0 Å². The summed E-state index contributed by atoms with van der Waals surface area (Å²) in [5.74, 6) is 0.904. The van der Waals surface area contributed by atoms with Crippen LogP contribution in [0.15, 0.2) is 24.9 Å². The maximum Gasteiger partial charge on any atom is 0.274 e. The molecule has 3 heterocycles. The quantitative estimate of drug-likeness (QED) is 0.827. The normalized spacial score (nSPS) is 20.2. The van der Waals surface area contributed by atoms with Crippen LogP contribution in [0.25, 0.3) is 0 Å². The van der Waals surface area contributed by atoms with Gasteiger partial charge in [-0.25, -0.2) is 9.97 Å². The van der Waals surface area contributed by atoms with Crippen molar-refractivity contribution in [1.82, 2.24) is 24.4 Å². The second-order valence-electron chi connectivity index (χ2n) is 7.11. The van der Waals surface area contributed by atoms with E-state index in [1.165, 1.54) is 12.8 Å². The second kappa shape index (κ2) is 6.92. The Kier molecular flexibility index (Phi) is 4.48. The molecule has 0 bridgehead atoms. The highest BCUT2D eigenvalue weighted by Gasteiger charge is 2.28. The van der Waals surface area contributed by atoms with Crippen molar-refractivity contribution in [2.75, 3.05) is 19.8 Å². The number of aromatic nitrogens is 4. The highest BCUT2D eigenvalue weighted by molar-refractivity contribution is 5.92. The van der Waals surface area contributed by atoms with Gasteiger partial charge in [0.1, 0.15) is 5.69 Å². The van der Waals surface area contributed by atoms with Gasteiger partial charge in [-0.05, 0) is 25.7 Å². The molecule has 1 aliphatic carbocycles. The second-order valence-corrected chi connectivity index (χ2v) is 7.11. The molecular weight excluding hydrogens is 318 g/mol. The third kappa shape index (κ3) is 3.87. The number of rotatable bonds is 5. The predicted octanol–water partition coefficient (Wildman–Crippen LogP) is 1.68. The first kappa shape index (κ1) is 16.2. The molecule has 1 saturated carbocycles. The molecule has 2 aromatic rings. The highest BCUT2D eigenvalue weighted by atomic mass is 16.5. The van der Waals surface area contributed by atoms with Crippen molar-refractivity contribution in [2.24, 2.45) is 11.8 Å². The van der Waals surface area contributed by atoms with E-state index in [4.69, 9.17) is 4.74 Å². The van der Waals surface area contributed by atoms with Crippen LogP contribution in [0.3, 0.4) is 0 Å². The van der Waals surface area contributed by atoms with E-state index in [-0.39, 0.29) is 11.8 Å². The standard InChI is InChI=1S/C18H23N5O2/c1-13-4-21-17(6-20-13)18(24)22-7-15(11-25-10-14-2-3-14)8-23-12-19-5-16(23)9-22/h4-6,12,14-15H,2-3,7-11H2,1H3. The SMILES string of the molecule is Cc1cnc(C(=O)N2Cc3cncn3CC(COCC3CC3)C2)cn1. The van der Waals surface area contributed by atoms with Gasteiger partial charge in [0.2, 0.25) is 0 Å². The summed E-state index contributed by atoms with van der Waals surface area (Å²) in [6.45, 7) is 5.37. The van der Waals surface area contributed by atoms with Gasteiger partial charge in [-0.15, -0.1) is 0 Å². The van der Waals surface area contributed by atoms with Crippen molar-refractivity contribution in [3.63, 3.8) is 0 Å². The Hall–Kier alpha value is -2.28. The minimum absolute atomic E-state index is 0.0886. The molecular formula is C18H23N5O2. The molecule has 7 nitrogen and oxygen atoms in total. The van der Waals surface area contributed by atoms with Crippen LogP contribution in [0, 0.1) is 18.8 Å². The number of imidazole rings is 1. The number of carbonyl (C=O) groups excluding carboxylic acids is 1. The van der Waals surface area contributed by atoms with Crippen LogP contribution < -0.4 is 0 Å². The summed E-state index contributed by atoms with van der Waals surface area (Å²) in [6, 6.07) is 0. The average Bonchev–Trinajstić information content (AvgIpc) is 3.37. The Labute approximate surface area is 147 Å². The lowest BCUT2D eigenvalue weighted by atomic mass is 10.1. The monoisotopic (exact) mass is 341 g/mol. The van der Waals surface area contributed by atoms with Crippen LogP contribution >= 0.6 is 0 Å². The lowest BCUT2D eigenvalue weighted by molar-refractivity contribution is 0.0567. The summed E-state index contributed by atoms with van der Waals surface area (Å²) in [6.07, 6.45) is 9.42. The van der Waals surface area contributed by atoms with Crippen LogP contribution in [-0.2, 0) is 17.8 Å². The Balaban J connectivity index is 1.49. The summed E-state index contributed by atoms with van der Waals surface area (Å²) in [5, 5.41) is 0. The molecule has 0 saturated heterocycles. The van der Waals surface area contributed by atoms with E-state index in [0.717, 1.165) is 30.5 Å². The fourth-order valence-corrected chi connectivity index (χ4v) is 3.16. The number of amides is 1. The van der Waals surface area contributed by atoms with E-state index >= 15 is 0 Å². The number of hydrogen-bond acceptors (Lipinski definition) is 5. The molecule has 132 valence electrons. The van der Waals surface area contributed by atoms with Gasteiger partial charge in [0.05, 0.1) is 37.1 Å². The van der Waals surface area contributed by atoms with Crippen LogP contribution in [-0.4, -0.2) is 50.1 Å². The molecule has 4 rings (SSSR count). The first-order chi connectivity index (χ1) is 12.2. The van der Waals surface area contributed by atoms with Gasteiger partial charge in [0.15, 0.2) is 0 Å². The number of aryl methyl sites for hydroxylation is 1. The number of ether oxygens (including phenoxy) is 1. The van der Waals surface area contributed by atoms with E-state index in [1.807, 2.05) is 24.3 Å². The topological polar surface area (TPSA) is 73.1 Å². The van der Waals surface area contributed by atoms with Crippen molar-refractivity contribution >= 4 is 5.91 Å². The molecule has 1 unspecified atom stereocenters. The fraction of sp³-hybridized carbons (Fsp3) is 0.556. The smallest absolute Gasteiger partial charge is 0.274 e. The van der Waals surface area contributed by atoms with Crippen molar-refractivity contribution < 1.29 is 9.53 Å². The number of nitrogens with zero attached hydrogens (tertiary/aromatic N) is 5. The van der Waals surface area contributed by atoms with Gasteiger partial charge in [0, 0.05) is 38.0 Å². The van der Waals surface area contributed by atoms with Gasteiger partial charge >= 0.3 is 0 Å². The maximum absolute atomic E-state index is 12.9. The van der Waals surface area contributed by atoms with Crippen molar-refractivity contribution in [2.45, 2.75) is 32.9 Å². The minimum atomic E-state index is -0.0886. The molecule has 1 amide bonds. The van der Waals surface area contributed by atoms with Crippen molar-refractivity contribution in [3.05, 3.63) is 42.0 Å². The number of hydrogen-bond donors (Lipinski definition) is 0. The summed E-state index contributed by atoms with van der Waals surface area (Å²) in [4.78, 5) is 27.4. The molecule has 0 spiro atoms. The highest BCUT2D eigenvalue weighted by Crippen LogP contribution is 2.29. The molecule has 25 heavy (non-hydrogen) atoms. The molecule has 0 N–H and O–H groups in total. The Morgan fingerprint density at radius 2 is 2.00 bits per heavy atom. The van der Waals surface area contributed by atoms with E-state index < -0.39 is 0 Å². The zero-order chi connectivity index (χ0) is 17.2. The Morgan fingerprint density at radius 1 is 1.16 bits per heavy atom. The van der Waals surface area contributed by atoms with Gasteiger partial charge in [0.25, 0.3) is 5.91 Å². The summed E-state index contributed by atoms with van der Waals surface area (Å²) >= 11 is 0. The summed E-state index contributed by atoms with van der Waals surface area (Å²) in [5.41, 5.74) is 2.23. The Bertz CT molecular complexity index is 738. The lowest BCUT2D eigenvalue weighted by Crippen LogP contribution is -2.36.